The van der Waals surface area contributed by atoms with Gasteiger partial charge in [-0.25, -0.2) is 0 Å². The minimum atomic E-state index is 0.368. The van der Waals surface area contributed by atoms with Crippen molar-refractivity contribution in [3.05, 3.63) is 27.7 Å². The molecule has 0 saturated carbocycles. The van der Waals surface area contributed by atoms with Gasteiger partial charge in [-0.15, -0.1) is 0 Å². The highest BCUT2D eigenvalue weighted by molar-refractivity contribution is 9.10. The predicted octanol–water partition coefficient (Wildman–Crippen LogP) is 3.30. The standard InChI is InChI=1S/C12H18BrNO/c1-4-14(5-2)8-10-6-9(3)7-11(13)12(10)15/h6-7,15H,4-5,8H2,1-3H3. The number of rotatable bonds is 4. The molecule has 3 heteroatoms. The van der Waals surface area contributed by atoms with Crippen LogP contribution in [-0.2, 0) is 6.54 Å². The minimum Gasteiger partial charge on any atom is -0.506 e. The molecule has 1 aromatic rings. The van der Waals surface area contributed by atoms with E-state index in [0.717, 1.165) is 29.7 Å². The molecule has 1 rings (SSSR count). The van der Waals surface area contributed by atoms with Gasteiger partial charge in [0, 0.05) is 12.1 Å². The fourth-order valence-electron chi connectivity index (χ4n) is 1.62. The van der Waals surface area contributed by atoms with Crippen LogP contribution >= 0.6 is 15.9 Å². The summed E-state index contributed by atoms with van der Waals surface area (Å²) in [5, 5.41) is 9.89. The van der Waals surface area contributed by atoms with Crippen LogP contribution in [0.1, 0.15) is 25.0 Å². The Morgan fingerprint density at radius 2 is 1.87 bits per heavy atom. The van der Waals surface area contributed by atoms with E-state index in [-0.39, 0.29) is 0 Å². The van der Waals surface area contributed by atoms with Crippen molar-refractivity contribution in [2.75, 3.05) is 13.1 Å². The van der Waals surface area contributed by atoms with Crippen molar-refractivity contribution in [2.24, 2.45) is 0 Å². The van der Waals surface area contributed by atoms with Crippen molar-refractivity contribution in [1.29, 1.82) is 0 Å². The van der Waals surface area contributed by atoms with Gasteiger partial charge in [0.25, 0.3) is 0 Å². The highest BCUT2D eigenvalue weighted by Crippen LogP contribution is 2.30. The van der Waals surface area contributed by atoms with Crippen molar-refractivity contribution >= 4 is 15.9 Å². The van der Waals surface area contributed by atoms with Crippen LogP contribution in [0.2, 0.25) is 0 Å². The van der Waals surface area contributed by atoms with Gasteiger partial charge < -0.3 is 5.11 Å². The van der Waals surface area contributed by atoms with Crippen LogP contribution in [0.4, 0.5) is 0 Å². The number of hydrogen-bond donors (Lipinski definition) is 1. The zero-order valence-corrected chi connectivity index (χ0v) is 11.1. The summed E-state index contributed by atoms with van der Waals surface area (Å²) in [6.45, 7) is 9.11. The summed E-state index contributed by atoms with van der Waals surface area (Å²) < 4.78 is 0.782. The highest BCUT2D eigenvalue weighted by Gasteiger charge is 2.09. The molecule has 0 aliphatic heterocycles. The first-order valence-corrected chi connectivity index (χ1v) is 6.08. The molecule has 0 radical (unpaired) electrons. The molecule has 0 amide bonds. The van der Waals surface area contributed by atoms with E-state index in [1.807, 2.05) is 19.1 Å². The summed E-state index contributed by atoms with van der Waals surface area (Å²) in [7, 11) is 0. The highest BCUT2D eigenvalue weighted by atomic mass is 79.9. The van der Waals surface area contributed by atoms with Gasteiger partial charge in [-0.2, -0.15) is 0 Å². The average Bonchev–Trinajstić information content (AvgIpc) is 2.21. The van der Waals surface area contributed by atoms with E-state index in [1.165, 1.54) is 5.56 Å². The Balaban J connectivity index is 2.93. The number of phenols is 1. The van der Waals surface area contributed by atoms with Crippen LogP contribution in [0.5, 0.6) is 5.75 Å². The number of hydrogen-bond acceptors (Lipinski definition) is 2. The Labute approximate surface area is 100 Å². The molecule has 0 aliphatic carbocycles. The summed E-state index contributed by atoms with van der Waals surface area (Å²) in [5.41, 5.74) is 2.16. The fraction of sp³-hybridized carbons (Fsp3) is 0.500. The van der Waals surface area contributed by atoms with Crippen molar-refractivity contribution in [2.45, 2.75) is 27.3 Å². The molecule has 0 unspecified atom stereocenters. The van der Waals surface area contributed by atoms with E-state index >= 15 is 0 Å². The van der Waals surface area contributed by atoms with Gasteiger partial charge in [-0.05, 0) is 47.6 Å². The number of nitrogens with zero attached hydrogens (tertiary/aromatic N) is 1. The first kappa shape index (κ1) is 12.5. The molecule has 2 nitrogen and oxygen atoms in total. The summed E-state index contributed by atoms with van der Waals surface area (Å²) in [5.74, 6) is 0.368. The second kappa shape index (κ2) is 5.52. The number of aryl methyl sites for hydroxylation is 1. The molecule has 15 heavy (non-hydrogen) atoms. The van der Waals surface area contributed by atoms with Crippen LogP contribution in [0.15, 0.2) is 16.6 Å². The van der Waals surface area contributed by atoms with Crippen molar-refractivity contribution in [3.63, 3.8) is 0 Å². The summed E-state index contributed by atoms with van der Waals surface area (Å²) in [6, 6.07) is 3.97. The molecule has 1 aromatic carbocycles. The maximum atomic E-state index is 9.89. The Hall–Kier alpha value is -0.540. The van der Waals surface area contributed by atoms with Gasteiger partial charge in [0.05, 0.1) is 4.47 Å². The molecule has 0 aliphatic rings. The van der Waals surface area contributed by atoms with Gasteiger partial charge in [-0.1, -0.05) is 19.9 Å². The zero-order chi connectivity index (χ0) is 11.4. The average molecular weight is 272 g/mol. The van der Waals surface area contributed by atoms with Gasteiger partial charge in [-0.3, -0.25) is 4.90 Å². The monoisotopic (exact) mass is 271 g/mol. The van der Waals surface area contributed by atoms with Gasteiger partial charge in [0.15, 0.2) is 0 Å². The molecular weight excluding hydrogens is 254 g/mol. The molecule has 0 atom stereocenters. The predicted molar refractivity (Wildman–Crippen MR) is 67.2 cm³/mol. The Morgan fingerprint density at radius 3 is 2.40 bits per heavy atom. The van der Waals surface area contributed by atoms with E-state index in [2.05, 4.69) is 34.7 Å². The fourth-order valence-corrected chi connectivity index (χ4v) is 2.23. The van der Waals surface area contributed by atoms with E-state index in [9.17, 15) is 5.11 Å². The third-order valence-electron chi connectivity index (χ3n) is 2.58. The molecule has 0 heterocycles. The van der Waals surface area contributed by atoms with E-state index in [0.29, 0.717) is 5.75 Å². The van der Waals surface area contributed by atoms with Gasteiger partial charge >= 0.3 is 0 Å². The molecule has 0 saturated heterocycles. The molecule has 0 spiro atoms. The topological polar surface area (TPSA) is 23.5 Å². The smallest absolute Gasteiger partial charge is 0.134 e. The lowest BCUT2D eigenvalue weighted by Gasteiger charge is -2.19. The van der Waals surface area contributed by atoms with E-state index in [4.69, 9.17) is 0 Å². The normalized spacial score (nSPS) is 11.0. The maximum absolute atomic E-state index is 9.89. The second-order valence-corrected chi connectivity index (χ2v) is 4.57. The van der Waals surface area contributed by atoms with Crippen LogP contribution in [0.3, 0.4) is 0 Å². The Bertz CT molecular complexity index is 335. The van der Waals surface area contributed by atoms with Crippen LogP contribution in [0.25, 0.3) is 0 Å². The molecule has 84 valence electrons. The van der Waals surface area contributed by atoms with Crippen LogP contribution in [0, 0.1) is 6.92 Å². The first-order valence-electron chi connectivity index (χ1n) is 5.28. The summed E-state index contributed by atoms with van der Waals surface area (Å²) in [6.07, 6.45) is 0. The van der Waals surface area contributed by atoms with E-state index < -0.39 is 0 Å². The maximum Gasteiger partial charge on any atom is 0.134 e. The molecule has 1 N–H and O–H groups in total. The van der Waals surface area contributed by atoms with Gasteiger partial charge in [0.2, 0.25) is 0 Å². The number of halogens is 1. The molecule has 0 bridgehead atoms. The zero-order valence-electron chi connectivity index (χ0n) is 9.55. The number of aromatic hydroxyl groups is 1. The lowest BCUT2D eigenvalue weighted by atomic mass is 10.1. The first-order chi connectivity index (χ1) is 7.08. The SMILES string of the molecule is CCN(CC)Cc1cc(C)cc(Br)c1O. The quantitative estimate of drug-likeness (QED) is 0.909. The summed E-state index contributed by atoms with van der Waals surface area (Å²) in [4.78, 5) is 2.28. The lowest BCUT2D eigenvalue weighted by Crippen LogP contribution is -2.22. The number of benzene rings is 1. The van der Waals surface area contributed by atoms with Crippen molar-refractivity contribution < 1.29 is 5.11 Å². The molecule has 0 fully saturated rings. The van der Waals surface area contributed by atoms with Crippen molar-refractivity contribution in [1.82, 2.24) is 4.90 Å². The van der Waals surface area contributed by atoms with Crippen LogP contribution in [-0.4, -0.2) is 23.1 Å². The van der Waals surface area contributed by atoms with E-state index in [1.54, 1.807) is 0 Å². The van der Waals surface area contributed by atoms with Crippen molar-refractivity contribution in [3.8, 4) is 5.75 Å². The third-order valence-corrected chi connectivity index (χ3v) is 3.18. The minimum absolute atomic E-state index is 0.368. The Kier molecular flexibility index (Phi) is 4.61. The lowest BCUT2D eigenvalue weighted by molar-refractivity contribution is 0.290. The Morgan fingerprint density at radius 1 is 1.27 bits per heavy atom. The molecular formula is C12H18BrNO. The van der Waals surface area contributed by atoms with Gasteiger partial charge in [0.1, 0.15) is 5.75 Å². The number of phenolic OH excluding ortho intramolecular Hbond substituents is 1. The summed E-state index contributed by atoms with van der Waals surface area (Å²) >= 11 is 3.36. The largest absolute Gasteiger partial charge is 0.506 e. The van der Waals surface area contributed by atoms with Crippen LogP contribution < -0.4 is 0 Å². The molecule has 0 aromatic heterocycles. The second-order valence-electron chi connectivity index (χ2n) is 3.72. The third kappa shape index (κ3) is 3.21.